The van der Waals surface area contributed by atoms with Crippen molar-refractivity contribution in [3.8, 4) is 0 Å². The molecule has 0 aliphatic carbocycles. The normalized spacial score (nSPS) is 11.3. The largest absolute Gasteiger partial charge is 0.478 e. The second-order valence-corrected chi connectivity index (χ2v) is 4.02. The van der Waals surface area contributed by atoms with E-state index in [4.69, 9.17) is 5.11 Å². The van der Waals surface area contributed by atoms with Gasteiger partial charge in [-0.25, -0.2) is 13.6 Å². The highest BCUT2D eigenvalue weighted by molar-refractivity contribution is 9.10. The average molecular weight is 348 g/mol. The molecule has 0 fully saturated rings. The molecule has 0 aliphatic rings. The number of nitrogens with one attached hydrogen (secondary N) is 1. The van der Waals surface area contributed by atoms with Crippen molar-refractivity contribution in [2.75, 3.05) is 5.32 Å². The Hall–Kier alpha value is -1.71. The molecule has 10 heteroatoms. The maximum atomic E-state index is 13.4. The number of alkyl halides is 3. The molecule has 2 N–H and O–H groups in total. The van der Waals surface area contributed by atoms with Gasteiger partial charge in [0.05, 0.1) is 10.2 Å². The number of carboxylic acids is 1. The highest BCUT2D eigenvalue weighted by Gasteiger charge is 2.40. The Bertz CT molecular complexity index is 558. The van der Waals surface area contributed by atoms with E-state index in [0.29, 0.717) is 6.07 Å². The molecule has 1 aromatic carbocycles. The molecule has 4 nitrogen and oxygen atoms in total. The first kappa shape index (κ1) is 15.3. The van der Waals surface area contributed by atoms with Gasteiger partial charge in [0.25, 0.3) is 0 Å². The van der Waals surface area contributed by atoms with Gasteiger partial charge < -0.3 is 10.4 Å². The van der Waals surface area contributed by atoms with E-state index in [-0.39, 0.29) is 0 Å². The van der Waals surface area contributed by atoms with Crippen LogP contribution in [0.4, 0.5) is 27.6 Å². The van der Waals surface area contributed by atoms with E-state index in [1.807, 2.05) is 0 Å². The van der Waals surface area contributed by atoms with Crippen LogP contribution in [0, 0.1) is 11.6 Å². The van der Waals surface area contributed by atoms with Crippen LogP contribution in [0.2, 0.25) is 0 Å². The zero-order valence-electron chi connectivity index (χ0n) is 8.61. The van der Waals surface area contributed by atoms with Gasteiger partial charge in [0.2, 0.25) is 0 Å². The predicted octanol–water partition coefficient (Wildman–Crippen LogP) is 2.93. The average Bonchev–Trinajstić information content (AvgIpc) is 2.23. The lowest BCUT2D eigenvalue weighted by molar-refractivity contribution is -0.167. The molecular formula is C9H3BrF5NO3. The van der Waals surface area contributed by atoms with E-state index in [0.717, 1.165) is 5.32 Å². The highest BCUT2D eigenvalue weighted by atomic mass is 79.9. The fourth-order valence-corrected chi connectivity index (χ4v) is 1.50. The quantitative estimate of drug-likeness (QED) is 0.638. The summed E-state index contributed by atoms with van der Waals surface area (Å²) in [5.74, 6) is -7.68. The van der Waals surface area contributed by atoms with Crippen LogP contribution in [0.3, 0.4) is 0 Å². The summed E-state index contributed by atoms with van der Waals surface area (Å²) in [6, 6.07) is 0.397. The summed E-state index contributed by atoms with van der Waals surface area (Å²) in [4.78, 5) is 21.3. The van der Waals surface area contributed by atoms with Gasteiger partial charge in [0.15, 0.2) is 5.82 Å². The van der Waals surface area contributed by atoms with E-state index >= 15 is 0 Å². The Morgan fingerprint density at radius 2 is 1.79 bits per heavy atom. The Kier molecular flexibility index (Phi) is 4.13. The standard InChI is InChI=1S/C9H3BrF5NO3/c10-2-1-3(11)6(4(5(2)12)7(17)18)16-8(19)9(13,14)15/h1H,(H,16,19)(H,17,18). The molecule has 1 rings (SSSR count). The fraction of sp³-hybridized carbons (Fsp3) is 0.111. The van der Waals surface area contributed by atoms with Gasteiger partial charge in [-0.2, -0.15) is 13.2 Å². The summed E-state index contributed by atoms with van der Waals surface area (Å²) in [7, 11) is 0. The van der Waals surface area contributed by atoms with Crippen molar-refractivity contribution < 1.29 is 36.6 Å². The number of carboxylic acid groups (broad SMARTS) is 1. The first-order chi connectivity index (χ1) is 8.55. The molecule has 0 aromatic heterocycles. The van der Waals surface area contributed by atoms with Crippen LogP contribution < -0.4 is 5.32 Å². The summed E-state index contributed by atoms with van der Waals surface area (Å²) in [6.07, 6.45) is -5.37. The molecule has 19 heavy (non-hydrogen) atoms. The maximum Gasteiger partial charge on any atom is 0.471 e. The van der Waals surface area contributed by atoms with E-state index in [1.54, 1.807) is 0 Å². The van der Waals surface area contributed by atoms with Crippen LogP contribution in [-0.4, -0.2) is 23.2 Å². The summed E-state index contributed by atoms with van der Waals surface area (Å²) >= 11 is 2.49. The second kappa shape index (κ2) is 5.11. The minimum Gasteiger partial charge on any atom is -0.478 e. The fourth-order valence-electron chi connectivity index (χ4n) is 1.10. The third kappa shape index (κ3) is 3.19. The Labute approximate surface area is 110 Å². The molecule has 0 heterocycles. The van der Waals surface area contributed by atoms with E-state index in [9.17, 15) is 31.5 Å². The third-order valence-corrected chi connectivity index (χ3v) is 2.46. The number of aromatic carboxylic acids is 1. The molecule has 0 saturated carbocycles. The molecule has 0 unspecified atom stereocenters. The number of carbonyl (C=O) groups is 2. The topological polar surface area (TPSA) is 66.4 Å². The number of anilines is 1. The first-order valence-electron chi connectivity index (χ1n) is 4.34. The van der Waals surface area contributed by atoms with Gasteiger partial charge in [-0.3, -0.25) is 4.79 Å². The van der Waals surface area contributed by atoms with Crippen molar-refractivity contribution >= 4 is 33.5 Å². The minimum absolute atomic E-state index is 0.397. The Balaban J connectivity index is 3.39. The number of amides is 1. The molecular weight excluding hydrogens is 345 g/mol. The minimum atomic E-state index is -5.37. The summed E-state index contributed by atoms with van der Waals surface area (Å²) < 4.78 is 62.1. The summed E-state index contributed by atoms with van der Waals surface area (Å²) in [5.41, 5.74) is -2.81. The lowest BCUT2D eigenvalue weighted by Gasteiger charge is -2.12. The van der Waals surface area contributed by atoms with Crippen LogP contribution >= 0.6 is 15.9 Å². The molecule has 1 amide bonds. The van der Waals surface area contributed by atoms with Gasteiger partial charge >= 0.3 is 18.1 Å². The van der Waals surface area contributed by atoms with Crippen LogP contribution in [0.25, 0.3) is 0 Å². The number of benzene rings is 1. The first-order valence-corrected chi connectivity index (χ1v) is 5.14. The maximum absolute atomic E-state index is 13.4. The van der Waals surface area contributed by atoms with Crippen molar-refractivity contribution in [2.45, 2.75) is 6.18 Å². The van der Waals surface area contributed by atoms with Crippen LogP contribution in [0.1, 0.15) is 10.4 Å². The lowest BCUT2D eigenvalue weighted by Crippen LogP contribution is -2.31. The molecule has 0 aliphatic heterocycles. The van der Waals surface area contributed by atoms with Gasteiger partial charge in [-0.1, -0.05) is 0 Å². The molecule has 0 spiro atoms. The smallest absolute Gasteiger partial charge is 0.471 e. The van der Waals surface area contributed by atoms with Gasteiger partial charge in [-0.05, 0) is 22.0 Å². The predicted molar refractivity (Wildman–Crippen MR) is 55.7 cm³/mol. The number of carbonyl (C=O) groups excluding carboxylic acids is 1. The number of rotatable bonds is 2. The lowest BCUT2D eigenvalue weighted by atomic mass is 10.1. The molecule has 0 bridgehead atoms. The van der Waals surface area contributed by atoms with E-state index in [1.165, 1.54) is 0 Å². The zero-order valence-corrected chi connectivity index (χ0v) is 10.2. The highest BCUT2D eigenvalue weighted by Crippen LogP contribution is 2.30. The second-order valence-electron chi connectivity index (χ2n) is 3.16. The zero-order chi connectivity index (χ0) is 15.0. The van der Waals surface area contributed by atoms with Crippen molar-refractivity contribution in [2.24, 2.45) is 0 Å². The number of hydrogen-bond acceptors (Lipinski definition) is 2. The van der Waals surface area contributed by atoms with Crippen LogP contribution in [0.5, 0.6) is 0 Å². The molecule has 0 radical (unpaired) electrons. The van der Waals surface area contributed by atoms with Gasteiger partial charge in [-0.15, -0.1) is 0 Å². The summed E-state index contributed by atoms with van der Waals surface area (Å²) in [6.45, 7) is 0. The Morgan fingerprint density at radius 1 is 1.26 bits per heavy atom. The van der Waals surface area contributed by atoms with Crippen molar-refractivity contribution in [3.63, 3.8) is 0 Å². The molecule has 0 saturated heterocycles. The summed E-state index contributed by atoms with van der Waals surface area (Å²) in [5, 5.41) is 9.64. The monoisotopic (exact) mass is 347 g/mol. The molecule has 1 aromatic rings. The Morgan fingerprint density at radius 3 is 2.21 bits per heavy atom. The molecule has 104 valence electrons. The van der Waals surface area contributed by atoms with Crippen molar-refractivity contribution in [1.82, 2.24) is 0 Å². The van der Waals surface area contributed by atoms with Crippen LogP contribution in [-0.2, 0) is 4.79 Å². The molecule has 0 atom stereocenters. The number of halogens is 6. The van der Waals surface area contributed by atoms with Crippen LogP contribution in [0.15, 0.2) is 10.5 Å². The van der Waals surface area contributed by atoms with E-state index in [2.05, 4.69) is 15.9 Å². The van der Waals surface area contributed by atoms with Crippen molar-refractivity contribution in [1.29, 1.82) is 0 Å². The van der Waals surface area contributed by atoms with Gasteiger partial charge in [0, 0.05) is 0 Å². The van der Waals surface area contributed by atoms with Gasteiger partial charge in [0.1, 0.15) is 11.4 Å². The SMILES string of the molecule is O=C(O)c1c(F)c(Br)cc(F)c1NC(=O)C(F)(F)F. The third-order valence-electron chi connectivity index (χ3n) is 1.88. The number of hydrogen-bond donors (Lipinski definition) is 2. The van der Waals surface area contributed by atoms with Crippen molar-refractivity contribution in [3.05, 3.63) is 27.7 Å². The van der Waals surface area contributed by atoms with E-state index < -0.39 is 45.4 Å².